The highest BCUT2D eigenvalue weighted by Crippen LogP contribution is 2.22. The number of rotatable bonds is 3. The van der Waals surface area contributed by atoms with Gasteiger partial charge in [-0.15, -0.1) is 0 Å². The zero-order chi connectivity index (χ0) is 11.2. The van der Waals surface area contributed by atoms with Crippen molar-refractivity contribution in [2.75, 3.05) is 26.2 Å². The molecule has 2 rings (SSSR count). The number of hydrogen-bond acceptors (Lipinski definition) is 3. The van der Waals surface area contributed by atoms with Crippen LogP contribution in [0.25, 0.3) is 0 Å². The largest absolute Gasteiger partial charge is 0.366 e. The first kappa shape index (κ1) is 11.9. The minimum absolute atomic E-state index is 0.0535. The molecule has 0 aromatic rings. The Morgan fingerprint density at radius 1 is 1.31 bits per heavy atom. The van der Waals surface area contributed by atoms with E-state index < -0.39 is 0 Å². The van der Waals surface area contributed by atoms with Crippen molar-refractivity contribution in [3.05, 3.63) is 0 Å². The normalized spacial score (nSPS) is 27.6. The van der Waals surface area contributed by atoms with Crippen LogP contribution >= 0.6 is 0 Å². The van der Waals surface area contributed by atoms with Crippen LogP contribution in [0.2, 0.25) is 0 Å². The van der Waals surface area contributed by atoms with Gasteiger partial charge in [0.1, 0.15) is 6.10 Å². The van der Waals surface area contributed by atoms with Crippen LogP contribution in [0.5, 0.6) is 0 Å². The van der Waals surface area contributed by atoms with Crippen LogP contribution in [-0.2, 0) is 9.53 Å². The summed E-state index contributed by atoms with van der Waals surface area (Å²) in [5.41, 5.74) is 0. The SMILES string of the molecule is O=C(NCC1CCCCC1)[C@@H]1CNCCO1. The summed E-state index contributed by atoms with van der Waals surface area (Å²) in [6.07, 6.45) is 6.26. The van der Waals surface area contributed by atoms with E-state index in [2.05, 4.69) is 10.6 Å². The van der Waals surface area contributed by atoms with E-state index in [4.69, 9.17) is 4.74 Å². The van der Waals surface area contributed by atoms with Crippen LogP contribution in [0.1, 0.15) is 32.1 Å². The molecule has 1 heterocycles. The smallest absolute Gasteiger partial charge is 0.250 e. The zero-order valence-corrected chi connectivity index (χ0v) is 9.84. The molecule has 92 valence electrons. The Morgan fingerprint density at radius 2 is 2.12 bits per heavy atom. The first-order chi connectivity index (χ1) is 7.86. The molecule has 0 unspecified atom stereocenters. The summed E-state index contributed by atoms with van der Waals surface area (Å²) in [6, 6.07) is 0. The van der Waals surface area contributed by atoms with Gasteiger partial charge in [0.2, 0.25) is 5.91 Å². The van der Waals surface area contributed by atoms with E-state index in [-0.39, 0.29) is 12.0 Å². The topological polar surface area (TPSA) is 50.4 Å². The standard InChI is InChI=1S/C12H22N2O2/c15-12(11-9-13-6-7-16-11)14-8-10-4-2-1-3-5-10/h10-11,13H,1-9H2,(H,14,15)/t11-/m0/s1. The van der Waals surface area contributed by atoms with Crippen molar-refractivity contribution in [2.24, 2.45) is 5.92 Å². The molecule has 1 amide bonds. The first-order valence-electron chi connectivity index (χ1n) is 6.46. The molecule has 2 fully saturated rings. The number of ether oxygens (including phenoxy) is 1. The van der Waals surface area contributed by atoms with Gasteiger partial charge in [-0.05, 0) is 18.8 Å². The number of amides is 1. The molecule has 2 aliphatic rings. The monoisotopic (exact) mass is 226 g/mol. The van der Waals surface area contributed by atoms with Gasteiger partial charge in [0.05, 0.1) is 6.61 Å². The van der Waals surface area contributed by atoms with E-state index in [0.717, 1.165) is 13.1 Å². The van der Waals surface area contributed by atoms with Gasteiger partial charge >= 0.3 is 0 Å². The van der Waals surface area contributed by atoms with Gasteiger partial charge in [0.15, 0.2) is 0 Å². The van der Waals surface area contributed by atoms with Crippen molar-refractivity contribution in [1.82, 2.24) is 10.6 Å². The third kappa shape index (κ3) is 3.46. The summed E-state index contributed by atoms with van der Waals surface area (Å²) in [5.74, 6) is 0.743. The molecule has 2 N–H and O–H groups in total. The van der Waals surface area contributed by atoms with Crippen LogP contribution in [0.15, 0.2) is 0 Å². The molecule has 1 atom stereocenters. The molecule has 0 aromatic heterocycles. The lowest BCUT2D eigenvalue weighted by atomic mass is 9.89. The van der Waals surface area contributed by atoms with E-state index in [1.54, 1.807) is 0 Å². The van der Waals surface area contributed by atoms with Crippen molar-refractivity contribution < 1.29 is 9.53 Å². The van der Waals surface area contributed by atoms with Crippen LogP contribution < -0.4 is 10.6 Å². The van der Waals surface area contributed by atoms with Gasteiger partial charge < -0.3 is 15.4 Å². The fraction of sp³-hybridized carbons (Fsp3) is 0.917. The molecule has 4 nitrogen and oxygen atoms in total. The van der Waals surface area contributed by atoms with Crippen molar-refractivity contribution in [3.63, 3.8) is 0 Å². The second-order valence-electron chi connectivity index (χ2n) is 4.81. The summed E-state index contributed by atoms with van der Waals surface area (Å²) in [4.78, 5) is 11.8. The highest BCUT2D eigenvalue weighted by molar-refractivity contribution is 5.81. The predicted molar refractivity (Wildman–Crippen MR) is 62.2 cm³/mol. The Morgan fingerprint density at radius 3 is 2.81 bits per heavy atom. The van der Waals surface area contributed by atoms with Crippen molar-refractivity contribution in [1.29, 1.82) is 0 Å². The molecule has 0 radical (unpaired) electrons. The molecule has 4 heteroatoms. The summed E-state index contributed by atoms with van der Waals surface area (Å²) in [6.45, 7) is 2.98. The molecule has 1 saturated carbocycles. The van der Waals surface area contributed by atoms with E-state index in [1.807, 2.05) is 0 Å². The fourth-order valence-electron chi connectivity index (χ4n) is 2.48. The highest BCUT2D eigenvalue weighted by Gasteiger charge is 2.22. The molecule has 1 aliphatic carbocycles. The number of nitrogens with one attached hydrogen (secondary N) is 2. The Kier molecular flexibility index (Phi) is 4.60. The molecular weight excluding hydrogens is 204 g/mol. The third-order valence-corrected chi connectivity index (χ3v) is 3.51. The van der Waals surface area contributed by atoms with E-state index >= 15 is 0 Å². The maximum Gasteiger partial charge on any atom is 0.250 e. The Bertz CT molecular complexity index is 221. The number of morpholine rings is 1. The molecule has 0 bridgehead atoms. The summed E-state index contributed by atoms with van der Waals surface area (Å²) >= 11 is 0. The summed E-state index contributed by atoms with van der Waals surface area (Å²) in [5, 5.41) is 6.19. The van der Waals surface area contributed by atoms with E-state index in [9.17, 15) is 4.79 Å². The van der Waals surface area contributed by atoms with Crippen molar-refractivity contribution >= 4 is 5.91 Å². The zero-order valence-electron chi connectivity index (χ0n) is 9.84. The highest BCUT2D eigenvalue weighted by atomic mass is 16.5. The molecular formula is C12H22N2O2. The Balaban J connectivity index is 1.65. The lowest BCUT2D eigenvalue weighted by Crippen LogP contribution is -2.48. The van der Waals surface area contributed by atoms with E-state index in [1.165, 1.54) is 32.1 Å². The number of carbonyl (C=O) groups excluding carboxylic acids is 1. The van der Waals surface area contributed by atoms with Crippen molar-refractivity contribution in [3.8, 4) is 0 Å². The first-order valence-corrected chi connectivity index (χ1v) is 6.46. The molecule has 1 saturated heterocycles. The lowest BCUT2D eigenvalue weighted by Gasteiger charge is -2.25. The minimum atomic E-state index is -0.280. The van der Waals surface area contributed by atoms with Crippen molar-refractivity contribution in [2.45, 2.75) is 38.2 Å². The molecule has 1 aliphatic heterocycles. The molecule has 0 aromatic carbocycles. The van der Waals surface area contributed by atoms with Gasteiger partial charge in [0.25, 0.3) is 0 Å². The lowest BCUT2D eigenvalue weighted by molar-refractivity contribution is -0.134. The average molecular weight is 226 g/mol. The van der Waals surface area contributed by atoms with Crippen LogP contribution in [0.3, 0.4) is 0 Å². The second kappa shape index (κ2) is 6.21. The fourth-order valence-corrected chi connectivity index (χ4v) is 2.48. The van der Waals surface area contributed by atoms with Gasteiger partial charge in [-0.1, -0.05) is 19.3 Å². The number of carbonyl (C=O) groups is 1. The van der Waals surface area contributed by atoms with Gasteiger partial charge in [-0.25, -0.2) is 0 Å². The quantitative estimate of drug-likeness (QED) is 0.743. The Hall–Kier alpha value is -0.610. The summed E-state index contributed by atoms with van der Waals surface area (Å²) in [7, 11) is 0. The van der Waals surface area contributed by atoms with E-state index in [0.29, 0.717) is 19.1 Å². The maximum atomic E-state index is 11.8. The molecule has 16 heavy (non-hydrogen) atoms. The second-order valence-corrected chi connectivity index (χ2v) is 4.81. The van der Waals surface area contributed by atoms with Gasteiger partial charge in [-0.3, -0.25) is 4.79 Å². The minimum Gasteiger partial charge on any atom is -0.366 e. The summed E-state index contributed by atoms with van der Waals surface area (Å²) < 4.78 is 5.41. The Labute approximate surface area is 97.1 Å². The predicted octanol–water partition coefficient (Wildman–Crippen LogP) is 0.671. The van der Waals surface area contributed by atoms with Crippen LogP contribution in [0.4, 0.5) is 0 Å². The van der Waals surface area contributed by atoms with Crippen LogP contribution in [0, 0.1) is 5.92 Å². The average Bonchev–Trinajstić information content (AvgIpc) is 2.38. The number of hydrogen-bond donors (Lipinski definition) is 2. The van der Waals surface area contributed by atoms with Gasteiger partial charge in [-0.2, -0.15) is 0 Å². The molecule has 0 spiro atoms. The maximum absolute atomic E-state index is 11.8. The van der Waals surface area contributed by atoms with Gasteiger partial charge in [0, 0.05) is 19.6 Å². The third-order valence-electron chi connectivity index (χ3n) is 3.51. The van der Waals surface area contributed by atoms with Crippen LogP contribution in [-0.4, -0.2) is 38.3 Å².